The maximum Gasteiger partial charge on any atom is 0.228 e. The summed E-state index contributed by atoms with van der Waals surface area (Å²) in [7, 11) is 0. The number of hydrogen-bond donors (Lipinski definition) is 2. The lowest BCUT2D eigenvalue weighted by molar-refractivity contribution is -0.123. The van der Waals surface area contributed by atoms with Gasteiger partial charge < -0.3 is 15.8 Å². The maximum atomic E-state index is 12.5. The molecule has 108 valence electrons. The Morgan fingerprint density at radius 3 is 2.80 bits per heavy atom. The summed E-state index contributed by atoms with van der Waals surface area (Å²) in [6, 6.07) is 7.38. The summed E-state index contributed by atoms with van der Waals surface area (Å²) in [5.74, 6) is 0.727. The molecule has 1 aliphatic rings. The van der Waals surface area contributed by atoms with Gasteiger partial charge in [-0.15, -0.1) is 0 Å². The molecule has 2 atom stereocenters. The van der Waals surface area contributed by atoms with Crippen molar-refractivity contribution in [2.45, 2.75) is 32.2 Å². The molecule has 0 bridgehead atoms. The quantitative estimate of drug-likeness (QED) is 0.833. The molecular weight excluding hydrogens is 272 g/mol. The Balaban J connectivity index is 2.16. The van der Waals surface area contributed by atoms with Crippen molar-refractivity contribution in [2.75, 3.05) is 6.61 Å². The number of ether oxygens (including phenoxy) is 1. The first-order valence-electron chi connectivity index (χ1n) is 6.82. The van der Waals surface area contributed by atoms with E-state index in [2.05, 4.69) is 5.32 Å². The molecule has 5 heteroatoms. The first kappa shape index (κ1) is 14.8. The van der Waals surface area contributed by atoms with Crippen molar-refractivity contribution in [2.24, 2.45) is 11.7 Å². The zero-order valence-corrected chi connectivity index (χ0v) is 12.6. The van der Waals surface area contributed by atoms with E-state index in [0.717, 1.165) is 11.3 Å². The highest BCUT2D eigenvalue weighted by Crippen LogP contribution is 2.33. The molecule has 0 radical (unpaired) electrons. The zero-order chi connectivity index (χ0) is 14.7. The largest absolute Gasteiger partial charge is 0.493 e. The molecule has 1 aliphatic heterocycles. The molecule has 2 unspecified atom stereocenters. The number of para-hydroxylation sites is 1. The fourth-order valence-corrected chi connectivity index (χ4v) is 2.77. The molecule has 0 spiro atoms. The van der Waals surface area contributed by atoms with Gasteiger partial charge in [-0.1, -0.05) is 44.3 Å². The molecule has 1 amide bonds. The molecule has 1 heterocycles. The zero-order valence-electron chi connectivity index (χ0n) is 11.8. The second kappa shape index (κ2) is 6.22. The van der Waals surface area contributed by atoms with E-state index in [4.69, 9.17) is 22.7 Å². The fraction of sp³-hybridized carbons (Fsp3) is 0.467. The second-order valence-corrected chi connectivity index (χ2v) is 5.83. The second-order valence-electron chi connectivity index (χ2n) is 5.36. The number of nitrogens with two attached hydrogens (primary N) is 1. The summed E-state index contributed by atoms with van der Waals surface area (Å²) >= 11 is 5.03. The van der Waals surface area contributed by atoms with Gasteiger partial charge in [0.15, 0.2) is 0 Å². The van der Waals surface area contributed by atoms with Crippen LogP contribution in [-0.2, 0) is 4.79 Å². The summed E-state index contributed by atoms with van der Waals surface area (Å²) in [6.07, 6.45) is 0.672. The molecule has 0 saturated carbocycles. The molecule has 0 aromatic heterocycles. The number of rotatable bonds is 4. The fourth-order valence-electron chi connectivity index (χ4n) is 2.43. The van der Waals surface area contributed by atoms with Crippen LogP contribution in [0.2, 0.25) is 0 Å². The number of carbonyl (C=O) groups is 1. The van der Waals surface area contributed by atoms with Crippen molar-refractivity contribution < 1.29 is 9.53 Å². The topological polar surface area (TPSA) is 64.3 Å². The minimum atomic E-state index is -0.271. The first-order valence-corrected chi connectivity index (χ1v) is 7.23. The Morgan fingerprint density at radius 1 is 1.45 bits per heavy atom. The predicted molar refractivity (Wildman–Crippen MR) is 82.8 cm³/mol. The summed E-state index contributed by atoms with van der Waals surface area (Å²) in [4.78, 5) is 12.8. The van der Waals surface area contributed by atoms with Crippen LogP contribution in [0.1, 0.15) is 31.7 Å². The van der Waals surface area contributed by atoms with E-state index in [-0.39, 0.29) is 23.8 Å². The van der Waals surface area contributed by atoms with Gasteiger partial charge in [0.2, 0.25) is 5.91 Å². The van der Waals surface area contributed by atoms with Gasteiger partial charge in [-0.25, -0.2) is 0 Å². The molecule has 1 aromatic rings. The molecule has 0 fully saturated rings. The Morgan fingerprint density at radius 2 is 2.15 bits per heavy atom. The lowest BCUT2D eigenvalue weighted by atomic mass is 9.91. The normalized spacial score (nSPS) is 18.9. The van der Waals surface area contributed by atoms with Crippen LogP contribution in [0.15, 0.2) is 24.3 Å². The molecule has 1 aromatic carbocycles. The van der Waals surface area contributed by atoms with Gasteiger partial charge in [0, 0.05) is 5.56 Å². The maximum absolute atomic E-state index is 12.5. The number of fused-ring (bicyclic) bond motifs is 1. The van der Waals surface area contributed by atoms with Crippen LogP contribution in [-0.4, -0.2) is 23.5 Å². The standard InChI is InChI=1S/C15H20N2O2S/c1-9(2)13(14(16)20)17-15(18)11-7-8-19-12-6-4-3-5-10(11)12/h3-6,9,11,13H,7-8H2,1-2H3,(H2,16,20)(H,17,18). The van der Waals surface area contributed by atoms with E-state index < -0.39 is 0 Å². The van der Waals surface area contributed by atoms with Gasteiger partial charge >= 0.3 is 0 Å². The average molecular weight is 292 g/mol. The minimum absolute atomic E-state index is 0.0350. The van der Waals surface area contributed by atoms with Crippen LogP contribution in [0.3, 0.4) is 0 Å². The number of benzene rings is 1. The molecule has 20 heavy (non-hydrogen) atoms. The van der Waals surface area contributed by atoms with E-state index in [1.165, 1.54) is 0 Å². The Kier molecular flexibility index (Phi) is 4.60. The Bertz CT molecular complexity index is 516. The summed E-state index contributed by atoms with van der Waals surface area (Å²) in [5, 5.41) is 2.97. The summed E-state index contributed by atoms with van der Waals surface area (Å²) in [6.45, 7) is 4.53. The lowest BCUT2D eigenvalue weighted by Gasteiger charge is -2.28. The van der Waals surface area contributed by atoms with Crippen molar-refractivity contribution in [3.8, 4) is 5.75 Å². The van der Waals surface area contributed by atoms with Crippen LogP contribution in [0.25, 0.3) is 0 Å². The monoisotopic (exact) mass is 292 g/mol. The third-order valence-corrected chi connectivity index (χ3v) is 3.80. The first-order chi connectivity index (χ1) is 9.50. The summed E-state index contributed by atoms with van der Waals surface area (Å²) < 4.78 is 5.57. The Hall–Kier alpha value is -1.62. The molecule has 0 aliphatic carbocycles. The number of amides is 1. The average Bonchev–Trinajstić information content (AvgIpc) is 2.43. The summed E-state index contributed by atoms with van der Waals surface area (Å²) in [5.41, 5.74) is 6.63. The van der Waals surface area contributed by atoms with Crippen LogP contribution in [0.4, 0.5) is 0 Å². The number of hydrogen-bond acceptors (Lipinski definition) is 3. The van der Waals surface area contributed by atoms with Crippen LogP contribution in [0, 0.1) is 5.92 Å². The van der Waals surface area contributed by atoms with E-state index in [0.29, 0.717) is 18.0 Å². The van der Waals surface area contributed by atoms with Crippen molar-refractivity contribution in [1.29, 1.82) is 0 Å². The van der Waals surface area contributed by atoms with Gasteiger partial charge in [-0.3, -0.25) is 4.79 Å². The highest BCUT2D eigenvalue weighted by Gasteiger charge is 2.30. The van der Waals surface area contributed by atoms with Gasteiger partial charge in [0.1, 0.15) is 5.75 Å². The minimum Gasteiger partial charge on any atom is -0.493 e. The number of carbonyl (C=O) groups excluding carboxylic acids is 1. The van der Waals surface area contributed by atoms with Gasteiger partial charge in [0.25, 0.3) is 0 Å². The van der Waals surface area contributed by atoms with Crippen molar-refractivity contribution in [3.63, 3.8) is 0 Å². The third kappa shape index (κ3) is 3.10. The van der Waals surface area contributed by atoms with Gasteiger partial charge in [-0.2, -0.15) is 0 Å². The van der Waals surface area contributed by atoms with Crippen molar-refractivity contribution in [3.05, 3.63) is 29.8 Å². The highest BCUT2D eigenvalue weighted by molar-refractivity contribution is 7.80. The van der Waals surface area contributed by atoms with Gasteiger partial charge in [0.05, 0.1) is 23.6 Å². The molecular formula is C15H20N2O2S. The molecule has 0 saturated heterocycles. The Labute approximate surface area is 124 Å². The van der Waals surface area contributed by atoms with Gasteiger partial charge in [-0.05, 0) is 18.4 Å². The van der Waals surface area contributed by atoms with E-state index in [9.17, 15) is 4.79 Å². The predicted octanol–water partition coefficient (Wildman–Crippen LogP) is 1.98. The number of nitrogens with one attached hydrogen (secondary N) is 1. The van der Waals surface area contributed by atoms with Crippen molar-refractivity contribution in [1.82, 2.24) is 5.32 Å². The molecule has 2 rings (SSSR count). The third-order valence-electron chi connectivity index (χ3n) is 3.55. The number of thiocarbonyl (C=S) groups is 1. The molecule has 4 nitrogen and oxygen atoms in total. The van der Waals surface area contributed by atoms with Crippen LogP contribution in [0.5, 0.6) is 5.75 Å². The van der Waals surface area contributed by atoms with E-state index in [1.807, 2.05) is 38.1 Å². The molecule has 3 N–H and O–H groups in total. The van der Waals surface area contributed by atoms with Crippen LogP contribution >= 0.6 is 12.2 Å². The van der Waals surface area contributed by atoms with E-state index in [1.54, 1.807) is 0 Å². The van der Waals surface area contributed by atoms with Crippen LogP contribution < -0.4 is 15.8 Å². The lowest BCUT2D eigenvalue weighted by Crippen LogP contribution is -2.48. The van der Waals surface area contributed by atoms with E-state index >= 15 is 0 Å². The highest BCUT2D eigenvalue weighted by atomic mass is 32.1. The van der Waals surface area contributed by atoms with Crippen molar-refractivity contribution >= 4 is 23.1 Å². The SMILES string of the molecule is CC(C)C(NC(=O)C1CCOc2ccccc21)C(N)=S. The smallest absolute Gasteiger partial charge is 0.228 e.